The molecule has 6 heteroatoms. The van der Waals surface area contributed by atoms with Gasteiger partial charge >= 0.3 is 5.97 Å². The number of rotatable bonds is 56. The van der Waals surface area contributed by atoms with Crippen LogP contribution in [0.4, 0.5) is 0 Å². The van der Waals surface area contributed by atoms with Crippen LogP contribution in [0.5, 0.6) is 0 Å². The molecule has 0 aliphatic rings. The summed E-state index contributed by atoms with van der Waals surface area (Å²) in [5.74, 6) is -0.117. The highest BCUT2D eigenvalue weighted by molar-refractivity contribution is 5.76. The van der Waals surface area contributed by atoms with Crippen LogP contribution in [0.15, 0.2) is 48.6 Å². The number of ether oxygens (including phenoxy) is 1. The van der Waals surface area contributed by atoms with Crippen molar-refractivity contribution in [3.05, 3.63) is 48.6 Å². The first kappa shape index (κ1) is 66.8. The maximum absolute atomic E-state index is 12.5. The average Bonchev–Trinajstić information content (AvgIpc) is 3.35. The van der Waals surface area contributed by atoms with Crippen molar-refractivity contribution in [3.8, 4) is 0 Å². The summed E-state index contributed by atoms with van der Waals surface area (Å²) in [4.78, 5) is 24.5. The van der Waals surface area contributed by atoms with Gasteiger partial charge in [-0.25, -0.2) is 0 Å². The highest BCUT2D eigenvalue weighted by Crippen LogP contribution is 2.17. The molecule has 0 spiro atoms. The minimum absolute atomic E-state index is 0.0454. The number of carbonyl (C=O) groups excluding carboxylic acids is 2. The van der Waals surface area contributed by atoms with Crippen molar-refractivity contribution in [1.29, 1.82) is 0 Å². The number of esters is 1. The minimum Gasteiger partial charge on any atom is -0.465 e. The van der Waals surface area contributed by atoms with Crippen LogP contribution in [0.1, 0.15) is 316 Å². The molecule has 0 heterocycles. The molecule has 0 bridgehead atoms. The number of aliphatic hydroxyl groups is 2. The quantitative estimate of drug-likeness (QED) is 0.0321. The van der Waals surface area contributed by atoms with E-state index in [2.05, 4.69) is 55.6 Å². The molecule has 2 unspecified atom stereocenters. The maximum Gasteiger partial charge on any atom is 0.305 e. The molecule has 0 aliphatic carbocycles. The lowest BCUT2D eigenvalue weighted by Gasteiger charge is -2.20. The molecule has 0 aromatic rings. The summed E-state index contributed by atoms with van der Waals surface area (Å²) in [6.07, 6.45) is 74.4. The number of unbranched alkanes of at least 4 members (excludes halogenated alkanes) is 39. The van der Waals surface area contributed by atoms with Gasteiger partial charge in [-0.05, 0) is 77.0 Å². The van der Waals surface area contributed by atoms with Crippen molar-refractivity contribution in [1.82, 2.24) is 5.32 Å². The summed E-state index contributed by atoms with van der Waals surface area (Å²) < 4.78 is 5.40. The van der Waals surface area contributed by atoms with Gasteiger partial charge in [0.1, 0.15) is 0 Å². The van der Waals surface area contributed by atoms with E-state index in [0.29, 0.717) is 19.4 Å². The van der Waals surface area contributed by atoms with E-state index in [9.17, 15) is 19.8 Å². The van der Waals surface area contributed by atoms with Gasteiger partial charge in [-0.2, -0.15) is 0 Å². The Balaban J connectivity index is 3.49. The molecule has 1 amide bonds. The lowest BCUT2D eigenvalue weighted by Crippen LogP contribution is -2.45. The minimum atomic E-state index is -0.849. The average molecular weight is 969 g/mol. The molecule has 0 aliphatic heterocycles. The second kappa shape index (κ2) is 58.4. The Morgan fingerprint density at radius 2 is 0.725 bits per heavy atom. The van der Waals surface area contributed by atoms with Gasteiger partial charge in [0.15, 0.2) is 0 Å². The number of hydrogen-bond donors (Lipinski definition) is 3. The SMILES string of the molecule is CCCCCC/C=C\CCCCCCCC(=O)OCC/C=C\C/C=C\CCCCCCCCCCCCCCCCC(=O)NC(CO)C(O)/C=C/CCCCCCCCCCCCCCCCCC. The van der Waals surface area contributed by atoms with Gasteiger partial charge < -0.3 is 20.3 Å². The van der Waals surface area contributed by atoms with Crippen molar-refractivity contribution < 1.29 is 24.5 Å². The molecule has 0 saturated carbocycles. The number of allylic oxidation sites excluding steroid dienone is 6. The van der Waals surface area contributed by atoms with Crippen LogP contribution in [0, 0.1) is 0 Å². The van der Waals surface area contributed by atoms with Crippen LogP contribution < -0.4 is 5.32 Å². The van der Waals surface area contributed by atoms with Gasteiger partial charge in [0.05, 0.1) is 25.4 Å². The van der Waals surface area contributed by atoms with E-state index in [4.69, 9.17) is 4.74 Å². The molecule has 3 N–H and O–H groups in total. The Hall–Kier alpha value is -2.18. The fraction of sp³-hybridized carbons (Fsp3) is 0.841. The van der Waals surface area contributed by atoms with E-state index in [1.807, 2.05) is 6.08 Å². The molecule has 0 radical (unpaired) electrons. The van der Waals surface area contributed by atoms with E-state index >= 15 is 0 Å². The highest BCUT2D eigenvalue weighted by Gasteiger charge is 2.18. The smallest absolute Gasteiger partial charge is 0.305 e. The zero-order valence-electron chi connectivity index (χ0n) is 46.0. The van der Waals surface area contributed by atoms with Gasteiger partial charge in [-0.15, -0.1) is 0 Å². The standard InChI is InChI=1S/C63H117NO5/c1-3-5-7-9-11-13-15-17-18-19-25-28-32-35-39-43-47-51-55-61(66)60(59-65)64-62(67)56-52-48-44-40-36-33-29-26-23-21-20-22-24-27-30-34-38-42-46-50-54-58-69-63(68)57-53-49-45-41-37-31-16-14-12-10-8-6-4-2/h14,16,34,38,46,50-51,55,60-61,65-66H,3-13,15,17-33,35-37,39-45,47-49,52-54,56-59H2,1-2H3,(H,64,67)/b16-14-,38-34-,50-46-,55-51+. The molecule has 69 heavy (non-hydrogen) atoms. The predicted octanol–water partition coefficient (Wildman–Crippen LogP) is 19.0. The highest BCUT2D eigenvalue weighted by atomic mass is 16.5. The van der Waals surface area contributed by atoms with Crippen molar-refractivity contribution in [3.63, 3.8) is 0 Å². The predicted molar refractivity (Wildman–Crippen MR) is 301 cm³/mol. The second-order valence-electron chi connectivity index (χ2n) is 20.7. The molecule has 0 aromatic heterocycles. The molecular formula is C63H117NO5. The Bertz CT molecular complexity index is 1160. The van der Waals surface area contributed by atoms with Crippen LogP contribution in [-0.4, -0.2) is 47.4 Å². The molecule has 404 valence electrons. The number of nitrogens with one attached hydrogen (secondary N) is 1. The molecule has 2 atom stereocenters. The van der Waals surface area contributed by atoms with Crippen LogP contribution in [0.3, 0.4) is 0 Å². The zero-order chi connectivity index (χ0) is 50.0. The summed E-state index contributed by atoms with van der Waals surface area (Å²) in [5.41, 5.74) is 0. The van der Waals surface area contributed by atoms with Gasteiger partial charge in [0.2, 0.25) is 5.91 Å². The number of aliphatic hydroxyl groups excluding tert-OH is 2. The summed E-state index contributed by atoms with van der Waals surface area (Å²) in [6.45, 7) is 4.78. The topological polar surface area (TPSA) is 95.9 Å². The Kier molecular flexibility index (Phi) is 56.5. The van der Waals surface area contributed by atoms with E-state index in [1.54, 1.807) is 6.08 Å². The van der Waals surface area contributed by atoms with Gasteiger partial charge in [0, 0.05) is 12.8 Å². The molecule has 6 nitrogen and oxygen atoms in total. The van der Waals surface area contributed by atoms with Gasteiger partial charge in [-0.1, -0.05) is 274 Å². The first-order chi connectivity index (χ1) is 34.0. The lowest BCUT2D eigenvalue weighted by atomic mass is 10.0. The maximum atomic E-state index is 12.5. The Labute approximate surface area is 429 Å². The summed E-state index contributed by atoms with van der Waals surface area (Å²) in [5, 5.41) is 23.2. The third-order valence-electron chi connectivity index (χ3n) is 13.8. The third-order valence-corrected chi connectivity index (χ3v) is 13.8. The molecule has 0 rings (SSSR count). The Morgan fingerprint density at radius 1 is 0.406 bits per heavy atom. The van der Waals surface area contributed by atoms with Crippen LogP contribution >= 0.6 is 0 Å². The van der Waals surface area contributed by atoms with E-state index in [1.165, 1.54) is 238 Å². The number of carbonyl (C=O) groups is 2. The number of hydrogen-bond acceptors (Lipinski definition) is 5. The lowest BCUT2D eigenvalue weighted by molar-refractivity contribution is -0.143. The van der Waals surface area contributed by atoms with E-state index in [-0.39, 0.29) is 18.5 Å². The summed E-state index contributed by atoms with van der Waals surface area (Å²) in [7, 11) is 0. The molecular weight excluding hydrogens is 851 g/mol. The molecule has 0 fully saturated rings. The third kappa shape index (κ3) is 55.0. The fourth-order valence-electron chi connectivity index (χ4n) is 9.17. The van der Waals surface area contributed by atoms with Crippen LogP contribution in [-0.2, 0) is 14.3 Å². The molecule has 0 saturated heterocycles. The summed E-state index contributed by atoms with van der Waals surface area (Å²) in [6, 6.07) is -0.633. The largest absolute Gasteiger partial charge is 0.465 e. The van der Waals surface area contributed by atoms with Crippen molar-refractivity contribution in [2.24, 2.45) is 0 Å². The van der Waals surface area contributed by atoms with Crippen LogP contribution in [0.2, 0.25) is 0 Å². The Morgan fingerprint density at radius 3 is 1.13 bits per heavy atom. The number of amides is 1. The van der Waals surface area contributed by atoms with Gasteiger partial charge in [-0.3, -0.25) is 9.59 Å². The second-order valence-corrected chi connectivity index (χ2v) is 20.7. The van der Waals surface area contributed by atoms with Gasteiger partial charge in [0.25, 0.3) is 0 Å². The molecule has 0 aromatic carbocycles. The van der Waals surface area contributed by atoms with Crippen molar-refractivity contribution in [2.45, 2.75) is 328 Å². The van der Waals surface area contributed by atoms with Crippen molar-refractivity contribution in [2.75, 3.05) is 13.2 Å². The van der Waals surface area contributed by atoms with Crippen LogP contribution in [0.25, 0.3) is 0 Å². The normalized spacial score (nSPS) is 12.9. The summed E-state index contributed by atoms with van der Waals surface area (Å²) >= 11 is 0. The monoisotopic (exact) mass is 968 g/mol. The van der Waals surface area contributed by atoms with Crippen molar-refractivity contribution >= 4 is 11.9 Å². The first-order valence-corrected chi connectivity index (χ1v) is 30.4. The van der Waals surface area contributed by atoms with E-state index in [0.717, 1.165) is 51.4 Å². The first-order valence-electron chi connectivity index (χ1n) is 30.4. The zero-order valence-corrected chi connectivity index (χ0v) is 46.0. The van der Waals surface area contributed by atoms with E-state index < -0.39 is 12.1 Å². The fourth-order valence-corrected chi connectivity index (χ4v) is 9.17.